The molecule has 6 fully saturated rings. The van der Waals surface area contributed by atoms with Crippen LogP contribution in [-0.2, 0) is 103 Å². The van der Waals surface area contributed by atoms with E-state index in [-0.39, 0.29) is 0 Å². The lowest BCUT2D eigenvalue weighted by Gasteiger charge is -3.29. The highest BCUT2D eigenvalue weighted by Gasteiger charge is 3.42. The van der Waals surface area contributed by atoms with Crippen molar-refractivity contribution in [2.45, 2.75) is 214 Å². The molecule has 0 radical (unpaired) electrons. The van der Waals surface area contributed by atoms with Crippen LogP contribution in [0, 0.1) is 0 Å². The van der Waals surface area contributed by atoms with Crippen molar-refractivity contribution in [1.29, 1.82) is 0 Å². The van der Waals surface area contributed by atoms with E-state index in [2.05, 4.69) is 298 Å². The van der Waals surface area contributed by atoms with Crippen molar-refractivity contribution in [2.75, 3.05) is 0 Å². The minimum atomic E-state index is -2.95. The van der Waals surface area contributed by atoms with Crippen LogP contribution >= 0.6 is 0 Å². The van der Waals surface area contributed by atoms with Crippen LogP contribution < -0.4 is 41.5 Å². The molecule has 6 saturated heterocycles. The van der Waals surface area contributed by atoms with Gasteiger partial charge in [0, 0.05) is 0 Å². The number of hydrogen-bond donors (Lipinski definition) is 0. The largest absolute Gasteiger partial charge is 0.0719 e. The first kappa shape index (κ1) is 62.3. The average Bonchev–Trinajstić information content (AvgIpc) is 0.483. The van der Waals surface area contributed by atoms with Crippen molar-refractivity contribution in [3.63, 3.8) is 0 Å². The molecule has 88 heavy (non-hydrogen) atoms. The van der Waals surface area contributed by atoms with Crippen LogP contribution in [0.4, 0.5) is 0 Å². The summed E-state index contributed by atoms with van der Waals surface area (Å²) in [6, 6.07) is 65.9. The van der Waals surface area contributed by atoms with Crippen LogP contribution in [-0.4, -0.2) is 53.0 Å². The van der Waals surface area contributed by atoms with Gasteiger partial charge in [0.1, 0.15) is 0 Å². The zero-order valence-corrected chi connectivity index (χ0v) is 65.2. The average molecular weight is 1290 g/mol. The van der Waals surface area contributed by atoms with Crippen molar-refractivity contribution in [3.8, 4) is 0 Å². The summed E-state index contributed by atoms with van der Waals surface area (Å²) in [6.45, 7) is 18.8. The van der Waals surface area contributed by atoms with Crippen molar-refractivity contribution in [1.82, 2.24) is 0 Å². The molecule has 6 heterocycles. The van der Waals surface area contributed by atoms with Gasteiger partial charge in [0.25, 0.3) is 0 Å². The molecule has 0 bridgehead atoms. The Hall–Kier alpha value is -4.50. The predicted octanol–water partition coefficient (Wildman–Crippen LogP) is 12.8. The second-order valence-corrected chi connectivity index (χ2v) is 133. The van der Waals surface area contributed by atoms with Gasteiger partial charge in [-0.25, -0.2) is 0 Å². The van der Waals surface area contributed by atoms with Gasteiger partial charge in [0.2, 0.25) is 0 Å². The van der Waals surface area contributed by atoms with Crippen LogP contribution in [0.15, 0.2) is 146 Å². The zero-order chi connectivity index (χ0) is 62.1. The molecule has 456 valence electrons. The zero-order valence-electron chi connectivity index (χ0n) is 57.2. The third kappa shape index (κ3) is 6.05. The Kier molecular flexibility index (Phi) is 16.0. The first-order valence-electron chi connectivity index (χ1n) is 35.9. The maximum absolute atomic E-state index is 2.95. The van der Waals surface area contributed by atoms with Crippen LogP contribution in [0.5, 0.6) is 0 Å². The molecule has 0 nitrogen and oxygen atoms in total. The smallest absolute Gasteiger partial charge is 0.0617 e. The van der Waals surface area contributed by atoms with Gasteiger partial charge in [0.15, 0.2) is 0 Å². The van der Waals surface area contributed by atoms with Gasteiger partial charge < -0.3 is 0 Å². The SMILES string of the molecule is CCc1cccc(CC)c1[Si]12[Si]3(c4c(CC)cccc4CC)[Si]4(c5c(CC)cccc5CC)[Si]1(c1c(CC)cccc1CC)[Si]1(c5c(CC)cccc5CC)[Si]2(c2c(CC)cccc2CC)[Si]3(c2c(CC)cccc2CC)[Si]41c1c(CC)cccc1CC. The molecule has 0 aromatic heterocycles. The first-order valence-corrected chi connectivity index (χ1v) is 63.9. The maximum atomic E-state index is 2.82. The van der Waals surface area contributed by atoms with Crippen molar-refractivity contribution in [2.24, 2.45) is 0 Å². The molecule has 0 N–H and O–H groups in total. The van der Waals surface area contributed by atoms with E-state index >= 15 is 0 Å². The fraction of sp³-hybridized carbons (Fsp3) is 0.400. The summed E-state index contributed by atoms with van der Waals surface area (Å²) in [4.78, 5) is 0. The molecule has 14 rings (SSSR count). The highest BCUT2D eigenvalue weighted by atomic mass is 31.1. The van der Waals surface area contributed by atoms with Gasteiger partial charge in [-0.3, -0.25) is 0 Å². The molecule has 0 atom stereocenters. The minimum absolute atomic E-state index is 1.14. The van der Waals surface area contributed by atoms with Crippen molar-refractivity contribution < 1.29 is 0 Å². The van der Waals surface area contributed by atoms with Gasteiger partial charge >= 0.3 is 0 Å². The van der Waals surface area contributed by atoms with Crippen molar-refractivity contribution in [3.05, 3.63) is 235 Å². The standard InChI is InChI=1S/C80H104Si8/c1-17-57-41-33-42-58(18-2)73(57)81-82(74-59(19-3)43-34-44-60(74)20-4)85(77-65(25-9)49-37-50-66(77)26-10)83(81,75-61(21-5)45-35-46-62(75)22-6)87(79-69(29-13)53-39-54-70(79)30-14)84(81,76-63(23-7)47-36-48-64(76)24-8)86(82,78-67(27-11)51-38-52-68(78)28-12)88(85,87)80-71(31-15)55-40-56-72(80)32-16/h33-56H,17-32H2,1-16H3. The molecular weight excluding hydrogens is 1190 g/mol. The van der Waals surface area contributed by atoms with Gasteiger partial charge in [-0.1, -0.05) is 298 Å². The van der Waals surface area contributed by atoms with E-state index in [0.717, 1.165) is 103 Å². The lowest BCUT2D eigenvalue weighted by atomic mass is 10.1. The number of hydrogen-bond acceptors (Lipinski definition) is 0. The summed E-state index contributed by atoms with van der Waals surface area (Å²) in [7, 11) is 0. The second kappa shape index (κ2) is 22.7. The lowest BCUT2D eigenvalue weighted by Crippen LogP contribution is -3.74. The summed E-state index contributed by atoms with van der Waals surface area (Å²) in [6.07, 6.45) is 18.2. The second-order valence-electron chi connectivity index (χ2n) is 27.3. The van der Waals surface area contributed by atoms with E-state index < -0.39 is 53.0 Å². The normalized spacial score (nSPS) is 27.3. The number of aryl methyl sites for hydroxylation is 16. The summed E-state index contributed by atoms with van der Waals surface area (Å²) < 4.78 is 0. The predicted molar refractivity (Wildman–Crippen MR) is 405 cm³/mol. The van der Waals surface area contributed by atoms with Gasteiger partial charge in [-0.15, -0.1) is 0 Å². The summed E-state index contributed by atoms with van der Waals surface area (Å²) >= 11 is 0. The van der Waals surface area contributed by atoms with E-state index in [4.69, 9.17) is 0 Å². The monoisotopic (exact) mass is 1290 g/mol. The summed E-state index contributed by atoms with van der Waals surface area (Å²) in [5.41, 5.74) is 29.2. The highest BCUT2D eigenvalue weighted by Crippen LogP contribution is 2.99. The van der Waals surface area contributed by atoms with Gasteiger partial charge in [-0.2, -0.15) is 0 Å². The lowest BCUT2D eigenvalue weighted by molar-refractivity contribution is 1.09. The maximum Gasteiger partial charge on any atom is 0.0719 e. The third-order valence-corrected chi connectivity index (χ3v) is 379. The Morgan fingerprint density at radius 3 is 0.261 bits per heavy atom. The topological polar surface area (TPSA) is 0 Å². The van der Waals surface area contributed by atoms with E-state index in [1.807, 2.05) is 89.0 Å². The van der Waals surface area contributed by atoms with Gasteiger partial charge in [-0.05, 0) is 192 Å². The highest BCUT2D eigenvalue weighted by molar-refractivity contribution is 8.98. The molecule has 8 heteroatoms. The molecule has 6 aliphatic heterocycles. The molecule has 0 unspecified atom stereocenters. The molecule has 8 aromatic carbocycles. The van der Waals surface area contributed by atoms with E-state index in [9.17, 15) is 0 Å². The molecule has 0 aliphatic carbocycles. The fourth-order valence-corrected chi connectivity index (χ4v) is 984. The molecule has 0 amide bonds. The fourth-order valence-electron chi connectivity index (χ4n) is 24.7. The molecule has 6 aliphatic rings. The first-order chi connectivity index (χ1) is 43.0. The number of benzene rings is 8. The summed E-state index contributed by atoms with van der Waals surface area (Å²) in [5.74, 6) is 0. The molecule has 8 aromatic rings. The molecule has 0 spiro atoms. The minimum Gasteiger partial charge on any atom is -0.0617 e. The molecule has 0 saturated carbocycles. The van der Waals surface area contributed by atoms with Crippen LogP contribution in [0.2, 0.25) is 0 Å². The van der Waals surface area contributed by atoms with Crippen LogP contribution in [0.25, 0.3) is 0 Å². The summed E-state index contributed by atoms with van der Waals surface area (Å²) in [5, 5.41) is 17.5. The Bertz CT molecular complexity index is 3070. The van der Waals surface area contributed by atoms with E-state index in [1.165, 1.54) is 0 Å². The molecular formula is C80H104Si8. The Morgan fingerprint density at radius 2 is 0.205 bits per heavy atom. The Labute approximate surface area is 538 Å². The Morgan fingerprint density at radius 1 is 0.136 bits per heavy atom. The Balaban J connectivity index is 1.58. The quantitative estimate of drug-likeness (QED) is 0.0529. The van der Waals surface area contributed by atoms with Crippen LogP contribution in [0.1, 0.15) is 200 Å². The third-order valence-electron chi connectivity index (χ3n) is 25.7. The van der Waals surface area contributed by atoms with Crippen molar-refractivity contribution >= 4 is 94.5 Å². The van der Waals surface area contributed by atoms with Gasteiger partial charge in [0.05, 0.1) is 53.0 Å². The number of rotatable bonds is 24. The van der Waals surface area contributed by atoms with E-state index in [1.54, 1.807) is 0 Å². The van der Waals surface area contributed by atoms with E-state index in [0.29, 0.717) is 0 Å². The van der Waals surface area contributed by atoms with Crippen LogP contribution in [0.3, 0.4) is 0 Å².